The van der Waals surface area contributed by atoms with Gasteiger partial charge in [-0.1, -0.05) is 29.3 Å². The van der Waals surface area contributed by atoms with Crippen molar-refractivity contribution < 1.29 is 14.3 Å². The molecule has 0 unspecified atom stereocenters. The largest absolute Gasteiger partial charge is 0.497 e. The van der Waals surface area contributed by atoms with Crippen molar-refractivity contribution >= 4 is 40.5 Å². The highest BCUT2D eigenvalue weighted by molar-refractivity contribution is 6.43. The fraction of sp³-hybridized carbons (Fsp3) is 0.188. The van der Waals surface area contributed by atoms with Crippen LogP contribution in [0.2, 0.25) is 10.0 Å². The molecule has 0 atom stereocenters. The van der Waals surface area contributed by atoms with Crippen LogP contribution < -0.4 is 20.1 Å². The van der Waals surface area contributed by atoms with Gasteiger partial charge in [0.1, 0.15) is 11.5 Å². The Labute approximate surface area is 144 Å². The number of halogens is 2. The molecule has 0 fully saturated rings. The summed E-state index contributed by atoms with van der Waals surface area (Å²) in [5.74, 6) is 0.937. The van der Waals surface area contributed by atoms with Gasteiger partial charge >= 0.3 is 0 Å². The number of nitrogens with one attached hydrogen (secondary N) is 2. The van der Waals surface area contributed by atoms with Crippen LogP contribution in [-0.4, -0.2) is 26.7 Å². The Morgan fingerprint density at radius 3 is 2.35 bits per heavy atom. The first-order valence-corrected chi connectivity index (χ1v) is 7.50. The van der Waals surface area contributed by atoms with E-state index in [0.29, 0.717) is 32.9 Å². The fourth-order valence-electron chi connectivity index (χ4n) is 1.90. The van der Waals surface area contributed by atoms with E-state index in [1.165, 1.54) is 0 Å². The van der Waals surface area contributed by atoms with Crippen LogP contribution in [0.3, 0.4) is 0 Å². The van der Waals surface area contributed by atoms with E-state index in [1.54, 1.807) is 50.6 Å². The molecule has 0 bridgehead atoms. The first kappa shape index (κ1) is 17.2. The van der Waals surface area contributed by atoms with Gasteiger partial charge in [-0.25, -0.2) is 0 Å². The van der Waals surface area contributed by atoms with Gasteiger partial charge in [0.15, 0.2) is 0 Å². The normalized spacial score (nSPS) is 10.1. The van der Waals surface area contributed by atoms with Crippen molar-refractivity contribution in [3.63, 3.8) is 0 Å². The van der Waals surface area contributed by atoms with E-state index in [1.807, 2.05) is 0 Å². The summed E-state index contributed by atoms with van der Waals surface area (Å²) in [5.41, 5.74) is 1.17. The monoisotopic (exact) mass is 354 g/mol. The number of anilines is 2. The van der Waals surface area contributed by atoms with E-state index >= 15 is 0 Å². The zero-order valence-electron chi connectivity index (χ0n) is 12.7. The smallest absolute Gasteiger partial charge is 0.243 e. The Morgan fingerprint density at radius 2 is 1.74 bits per heavy atom. The third-order valence-electron chi connectivity index (χ3n) is 3.03. The van der Waals surface area contributed by atoms with Gasteiger partial charge in [0.25, 0.3) is 0 Å². The molecule has 7 heteroatoms. The number of methoxy groups -OCH3 is 2. The summed E-state index contributed by atoms with van der Waals surface area (Å²) in [6.45, 7) is 0.0413. The van der Waals surface area contributed by atoms with Crippen molar-refractivity contribution in [2.24, 2.45) is 0 Å². The lowest BCUT2D eigenvalue weighted by Crippen LogP contribution is -2.21. The number of rotatable bonds is 6. The van der Waals surface area contributed by atoms with Crippen LogP contribution in [0.1, 0.15) is 0 Å². The molecule has 0 aliphatic rings. The number of amides is 1. The van der Waals surface area contributed by atoms with Gasteiger partial charge in [0.05, 0.1) is 36.5 Å². The lowest BCUT2D eigenvalue weighted by atomic mass is 10.2. The van der Waals surface area contributed by atoms with Crippen LogP contribution in [0.15, 0.2) is 36.4 Å². The van der Waals surface area contributed by atoms with Crippen molar-refractivity contribution in [2.75, 3.05) is 31.4 Å². The SMILES string of the molecule is COc1cc(NC(=O)CNc2cccc(Cl)c2Cl)cc(OC)c1. The lowest BCUT2D eigenvalue weighted by Gasteiger charge is -2.11. The number of hydrogen-bond donors (Lipinski definition) is 2. The Balaban J connectivity index is 2.01. The molecule has 0 saturated carbocycles. The summed E-state index contributed by atoms with van der Waals surface area (Å²) in [4.78, 5) is 12.0. The van der Waals surface area contributed by atoms with E-state index in [9.17, 15) is 4.79 Å². The molecule has 0 saturated heterocycles. The van der Waals surface area contributed by atoms with Gasteiger partial charge in [-0.3, -0.25) is 4.79 Å². The standard InChI is InChI=1S/C16H16Cl2N2O3/c1-22-11-6-10(7-12(8-11)23-2)20-15(21)9-19-14-5-3-4-13(17)16(14)18/h3-8,19H,9H2,1-2H3,(H,20,21). The summed E-state index contributed by atoms with van der Waals surface area (Å²) < 4.78 is 10.3. The molecule has 0 radical (unpaired) electrons. The third-order valence-corrected chi connectivity index (χ3v) is 3.85. The second-order valence-corrected chi connectivity index (χ2v) is 5.39. The van der Waals surface area contributed by atoms with Crippen LogP contribution >= 0.6 is 23.2 Å². The molecule has 2 rings (SSSR count). The highest BCUT2D eigenvalue weighted by atomic mass is 35.5. The molecule has 0 aromatic heterocycles. The average Bonchev–Trinajstić information content (AvgIpc) is 2.55. The molecule has 0 spiro atoms. The topological polar surface area (TPSA) is 59.6 Å². The van der Waals surface area contributed by atoms with Gasteiger partial charge in [-0.05, 0) is 12.1 Å². The Morgan fingerprint density at radius 1 is 1.09 bits per heavy atom. The van der Waals surface area contributed by atoms with Crippen molar-refractivity contribution in [3.05, 3.63) is 46.4 Å². The van der Waals surface area contributed by atoms with Gasteiger partial charge in [-0.2, -0.15) is 0 Å². The lowest BCUT2D eigenvalue weighted by molar-refractivity contribution is -0.114. The average molecular weight is 355 g/mol. The molecule has 2 N–H and O–H groups in total. The molecule has 122 valence electrons. The van der Waals surface area contributed by atoms with E-state index in [-0.39, 0.29) is 12.5 Å². The maximum absolute atomic E-state index is 12.0. The Kier molecular flexibility index (Phi) is 5.96. The van der Waals surface area contributed by atoms with Crippen LogP contribution in [0, 0.1) is 0 Å². The summed E-state index contributed by atoms with van der Waals surface area (Å²) in [7, 11) is 3.09. The molecule has 0 heterocycles. The van der Waals surface area contributed by atoms with Crippen LogP contribution in [0.5, 0.6) is 11.5 Å². The maximum atomic E-state index is 12.0. The third kappa shape index (κ3) is 4.68. The van der Waals surface area contributed by atoms with Gasteiger partial charge < -0.3 is 20.1 Å². The molecule has 0 aliphatic heterocycles. The minimum absolute atomic E-state index is 0.0413. The zero-order chi connectivity index (χ0) is 16.8. The van der Waals surface area contributed by atoms with Gasteiger partial charge in [-0.15, -0.1) is 0 Å². The predicted octanol–water partition coefficient (Wildman–Crippen LogP) is 4.06. The highest BCUT2D eigenvalue weighted by Crippen LogP contribution is 2.29. The first-order chi connectivity index (χ1) is 11.0. The molecule has 2 aromatic carbocycles. The molecular formula is C16H16Cl2N2O3. The summed E-state index contributed by atoms with van der Waals surface area (Å²) >= 11 is 12.0. The van der Waals surface area contributed by atoms with Gasteiger partial charge in [0, 0.05) is 23.9 Å². The Bertz CT molecular complexity index is 685. The molecule has 23 heavy (non-hydrogen) atoms. The van der Waals surface area contributed by atoms with Crippen LogP contribution in [-0.2, 0) is 4.79 Å². The zero-order valence-corrected chi connectivity index (χ0v) is 14.2. The summed E-state index contributed by atoms with van der Waals surface area (Å²) in [6, 6.07) is 10.3. The number of hydrogen-bond acceptors (Lipinski definition) is 4. The second kappa shape index (κ2) is 7.94. The molecule has 1 amide bonds. The van der Waals surface area contributed by atoms with Crippen molar-refractivity contribution in [2.45, 2.75) is 0 Å². The number of benzene rings is 2. The van der Waals surface area contributed by atoms with E-state index in [0.717, 1.165) is 0 Å². The first-order valence-electron chi connectivity index (χ1n) is 6.74. The van der Waals surface area contributed by atoms with Crippen molar-refractivity contribution in [3.8, 4) is 11.5 Å². The summed E-state index contributed by atoms with van der Waals surface area (Å²) in [5, 5.41) is 6.50. The molecular weight excluding hydrogens is 339 g/mol. The second-order valence-electron chi connectivity index (χ2n) is 4.60. The fourth-order valence-corrected chi connectivity index (χ4v) is 2.27. The molecule has 5 nitrogen and oxygen atoms in total. The quantitative estimate of drug-likeness (QED) is 0.820. The molecule has 2 aromatic rings. The van der Waals surface area contributed by atoms with Crippen LogP contribution in [0.25, 0.3) is 0 Å². The van der Waals surface area contributed by atoms with Crippen LogP contribution in [0.4, 0.5) is 11.4 Å². The number of carbonyl (C=O) groups excluding carboxylic acids is 1. The minimum Gasteiger partial charge on any atom is -0.497 e. The predicted molar refractivity (Wildman–Crippen MR) is 93.1 cm³/mol. The Hall–Kier alpha value is -2.11. The van der Waals surface area contributed by atoms with E-state index in [4.69, 9.17) is 32.7 Å². The minimum atomic E-state index is -0.239. The summed E-state index contributed by atoms with van der Waals surface area (Å²) in [6.07, 6.45) is 0. The number of carbonyl (C=O) groups is 1. The molecule has 0 aliphatic carbocycles. The van der Waals surface area contributed by atoms with E-state index < -0.39 is 0 Å². The van der Waals surface area contributed by atoms with Crippen molar-refractivity contribution in [1.82, 2.24) is 0 Å². The van der Waals surface area contributed by atoms with Crippen molar-refractivity contribution in [1.29, 1.82) is 0 Å². The highest BCUT2D eigenvalue weighted by Gasteiger charge is 2.08. The van der Waals surface area contributed by atoms with E-state index in [2.05, 4.69) is 10.6 Å². The maximum Gasteiger partial charge on any atom is 0.243 e. The number of ether oxygens (including phenoxy) is 2. The van der Waals surface area contributed by atoms with Gasteiger partial charge in [0.2, 0.25) is 5.91 Å².